The first-order chi connectivity index (χ1) is 11.5. The number of aryl methyl sites for hydroxylation is 1. The summed E-state index contributed by atoms with van der Waals surface area (Å²) in [5, 5.41) is 17.0. The molecule has 2 rings (SSSR count). The molecule has 142 valence electrons. The number of likely N-dealkylation sites (tertiary alicyclic amines) is 1. The zero-order valence-electron chi connectivity index (χ0n) is 14.7. The molecule has 1 fully saturated rings. The van der Waals surface area contributed by atoms with Crippen molar-refractivity contribution in [3.8, 4) is 0 Å². The van der Waals surface area contributed by atoms with Gasteiger partial charge >= 0.3 is 6.18 Å². The molecule has 0 unspecified atom stereocenters. The zero-order chi connectivity index (χ0) is 18.8. The van der Waals surface area contributed by atoms with Gasteiger partial charge in [0.05, 0.1) is 5.69 Å². The van der Waals surface area contributed by atoms with Crippen LogP contribution in [0.4, 0.5) is 13.2 Å². The minimum absolute atomic E-state index is 0.0319. The Kier molecular flexibility index (Phi) is 5.78. The Morgan fingerprint density at radius 2 is 2.04 bits per heavy atom. The highest BCUT2D eigenvalue weighted by Crippen LogP contribution is 2.30. The fraction of sp³-hybridized carbons (Fsp3) is 0.750. The number of aliphatic hydroxyl groups is 1. The van der Waals surface area contributed by atoms with Crippen LogP contribution in [0.2, 0.25) is 0 Å². The molecule has 1 saturated heterocycles. The molecule has 1 aromatic heterocycles. The van der Waals surface area contributed by atoms with Crippen molar-refractivity contribution < 1.29 is 23.1 Å². The third-order valence-electron chi connectivity index (χ3n) is 4.53. The molecule has 25 heavy (non-hydrogen) atoms. The molecule has 9 heteroatoms. The minimum atomic E-state index is -4.46. The molecule has 6 nitrogen and oxygen atoms in total. The molecule has 0 spiro atoms. The lowest BCUT2D eigenvalue weighted by Gasteiger charge is -2.35. The SMILES string of the molecule is Cc1cc(C(F)(F)F)n(C[C@H](C)CNC(=O)C2(O)CCN(C)CC2)n1. The van der Waals surface area contributed by atoms with Crippen molar-refractivity contribution in [2.45, 2.75) is 45.0 Å². The molecule has 1 amide bonds. The molecular weight excluding hydrogens is 337 g/mol. The monoisotopic (exact) mass is 362 g/mol. The Morgan fingerprint density at radius 3 is 2.60 bits per heavy atom. The van der Waals surface area contributed by atoms with Gasteiger partial charge in [0.25, 0.3) is 5.91 Å². The summed E-state index contributed by atoms with van der Waals surface area (Å²) in [7, 11) is 1.92. The highest BCUT2D eigenvalue weighted by atomic mass is 19.4. The van der Waals surface area contributed by atoms with Gasteiger partial charge in [-0.15, -0.1) is 0 Å². The van der Waals surface area contributed by atoms with Crippen LogP contribution in [0.15, 0.2) is 6.07 Å². The first kappa shape index (κ1) is 19.7. The van der Waals surface area contributed by atoms with Gasteiger partial charge in [0.1, 0.15) is 11.3 Å². The Morgan fingerprint density at radius 1 is 1.44 bits per heavy atom. The minimum Gasteiger partial charge on any atom is -0.380 e. The largest absolute Gasteiger partial charge is 0.433 e. The van der Waals surface area contributed by atoms with Crippen molar-refractivity contribution >= 4 is 5.91 Å². The number of nitrogens with zero attached hydrogens (tertiary/aromatic N) is 3. The van der Waals surface area contributed by atoms with Crippen LogP contribution in [0, 0.1) is 12.8 Å². The highest BCUT2D eigenvalue weighted by Gasteiger charge is 2.39. The van der Waals surface area contributed by atoms with E-state index in [1.54, 1.807) is 6.92 Å². The van der Waals surface area contributed by atoms with Gasteiger partial charge in [0.2, 0.25) is 0 Å². The van der Waals surface area contributed by atoms with Gasteiger partial charge in [0, 0.05) is 26.2 Å². The fourth-order valence-electron chi connectivity index (χ4n) is 2.92. The van der Waals surface area contributed by atoms with Crippen LogP contribution >= 0.6 is 0 Å². The van der Waals surface area contributed by atoms with Crippen molar-refractivity contribution in [3.63, 3.8) is 0 Å². The number of nitrogens with one attached hydrogen (secondary N) is 1. The number of carbonyl (C=O) groups is 1. The maximum absolute atomic E-state index is 13.0. The number of amides is 1. The van der Waals surface area contributed by atoms with Gasteiger partial charge in [-0.25, -0.2) is 0 Å². The maximum Gasteiger partial charge on any atom is 0.433 e. The van der Waals surface area contributed by atoms with E-state index in [9.17, 15) is 23.1 Å². The molecule has 2 N–H and O–H groups in total. The summed E-state index contributed by atoms with van der Waals surface area (Å²) in [6.07, 6.45) is -3.77. The smallest absolute Gasteiger partial charge is 0.380 e. The van der Waals surface area contributed by atoms with Crippen LogP contribution in [0.5, 0.6) is 0 Å². The van der Waals surface area contributed by atoms with Crippen LogP contribution in [0.3, 0.4) is 0 Å². The maximum atomic E-state index is 13.0. The second-order valence-corrected chi connectivity index (χ2v) is 7.00. The summed E-state index contributed by atoms with van der Waals surface area (Å²) in [5.74, 6) is -0.723. The van der Waals surface area contributed by atoms with E-state index in [0.717, 1.165) is 10.7 Å². The first-order valence-electron chi connectivity index (χ1n) is 8.32. The Hall–Kier alpha value is -1.61. The molecule has 0 radical (unpaired) electrons. The van der Waals surface area contributed by atoms with Crippen molar-refractivity contribution in [3.05, 3.63) is 17.5 Å². The van der Waals surface area contributed by atoms with E-state index in [4.69, 9.17) is 0 Å². The van der Waals surface area contributed by atoms with E-state index in [2.05, 4.69) is 10.4 Å². The Balaban J connectivity index is 1.91. The van der Waals surface area contributed by atoms with Crippen molar-refractivity contribution in [2.75, 3.05) is 26.7 Å². The second kappa shape index (κ2) is 7.33. The quantitative estimate of drug-likeness (QED) is 0.831. The number of hydrogen-bond donors (Lipinski definition) is 2. The number of piperidine rings is 1. The summed E-state index contributed by atoms with van der Waals surface area (Å²) in [6, 6.07) is 1.01. The van der Waals surface area contributed by atoms with E-state index < -0.39 is 23.4 Å². The molecular formula is C16H25F3N4O2. The predicted molar refractivity (Wildman–Crippen MR) is 85.8 cm³/mol. The summed E-state index contributed by atoms with van der Waals surface area (Å²) in [6.45, 7) is 4.70. The molecule has 0 aliphatic carbocycles. The molecule has 1 aliphatic rings. The van der Waals surface area contributed by atoms with Gasteiger partial charge in [-0.2, -0.15) is 18.3 Å². The number of halogens is 3. The van der Waals surface area contributed by atoms with E-state index in [1.165, 1.54) is 6.92 Å². The molecule has 0 bridgehead atoms. The first-order valence-corrected chi connectivity index (χ1v) is 8.32. The van der Waals surface area contributed by atoms with Gasteiger partial charge < -0.3 is 15.3 Å². The topological polar surface area (TPSA) is 70.4 Å². The summed E-state index contributed by atoms with van der Waals surface area (Å²) in [5.41, 5.74) is -1.90. The number of aromatic nitrogens is 2. The van der Waals surface area contributed by atoms with E-state index in [0.29, 0.717) is 31.6 Å². The average Bonchev–Trinajstić information content (AvgIpc) is 2.88. The number of carbonyl (C=O) groups excluding carboxylic acids is 1. The third kappa shape index (κ3) is 4.94. The van der Waals surface area contributed by atoms with Crippen molar-refractivity contribution in [1.82, 2.24) is 20.0 Å². The summed E-state index contributed by atoms with van der Waals surface area (Å²) < 4.78 is 39.9. The van der Waals surface area contributed by atoms with Gasteiger partial charge in [0.15, 0.2) is 0 Å². The van der Waals surface area contributed by atoms with Crippen LogP contribution in [-0.2, 0) is 17.5 Å². The average molecular weight is 362 g/mol. The number of alkyl halides is 3. The van der Waals surface area contributed by atoms with Gasteiger partial charge in [-0.05, 0) is 38.8 Å². The van der Waals surface area contributed by atoms with E-state index in [-0.39, 0.29) is 19.0 Å². The number of rotatable bonds is 5. The van der Waals surface area contributed by atoms with Gasteiger partial charge in [-0.1, -0.05) is 6.92 Å². The fourth-order valence-corrected chi connectivity index (χ4v) is 2.92. The number of hydrogen-bond acceptors (Lipinski definition) is 4. The van der Waals surface area contributed by atoms with Crippen LogP contribution in [0.1, 0.15) is 31.2 Å². The molecule has 1 aromatic rings. The second-order valence-electron chi connectivity index (χ2n) is 7.00. The zero-order valence-corrected chi connectivity index (χ0v) is 14.7. The van der Waals surface area contributed by atoms with E-state index >= 15 is 0 Å². The summed E-state index contributed by atoms with van der Waals surface area (Å²) in [4.78, 5) is 14.3. The molecule has 0 saturated carbocycles. The van der Waals surface area contributed by atoms with E-state index in [1.807, 2.05) is 11.9 Å². The Bertz CT molecular complexity index is 607. The van der Waals surface area contributed by atoms with Gasteiger partial charge in [-0.3, -0.25) is 9.48 Å². The molecule has 1 aliphatic heterocycles. The third-order valence-corrected chi connectivity index (χ3v) is 4.53. The summed E-state index contributed by atoms with van der Waals surface area (Å²) >= 11 is 0. The lowest BCUT2D eigenvalue weighted by molar-refractivity contribution is -0.145. The normalized spacial score (nSPS) is 19.6. The van der Waals surface area contributed by atoms with Crippen molar-refractivity contribution in [2.24, 2.45) is 5.92 Å². The van der Waals surface area contributed by atoms with Crippen LogP contribution < -0.4 is 5.32 Å². The molecule has 2 heterocycles. The predicted octanol–water partition coefficient (Wildman–Crippen LogP) is 1.42. The highest BCUT2D eigenvalue weighted by molar-refractivity contribution is 5.85. The lowest BCUT2D eigenvalue weighted by atomic mass is 9.90. The Labute approximate surface area is 145 Å². The van der Waals surface area contributed by atoms with Crippen LogP contribution in [-0.4, -0.2) is 58.0 Å². The molecule has 0 aromatic carbocycles. The standard InChI is InChI=1S/C16H25F3N4O2/c1-11(10-23-13(16(17,18)19)8-12(2)21-23)9-20-14(24)15(25)4-6-22(3)7-5-15/h8,11,25H,4-7,9-10H2,1-3H3,(H,20,24)/t11-/m1/s1. The molecule has 1 atom stereocenters. The van der Waals surface area contributed by atoms with Crippen molar-refractivity contribution in [1.29, 1.82) is 0 Å². The van der Waals surface area contributed by atoms with Crippen LogP contribution in [0.25, 0.3) is 0 Å². The lowest BCUT2D eigenvalue weighted by Crippen LogP contribution is -2.53.